The molecule has 0 unspecified atom stereocenters. The molecule has 0 saturated heterocycles. The van der Waals surface area contributed by atoms with Crippen LogP contribution < -0.4 is 14.8 Å². The molecule has 0 aliphatic heterocycles. The van der Waals surface area contributed by atoms with Crippen LogP contribution in [0, 0.1) is 0 Å². The highest BCUT2D eigenvalue weighted by atomic mass is 79.9. The summed E-state index contributed by atoms with van der Waals surface area (Å²) in [4.78, 5) is 4.31. The van der Waals surface area contributed by atoms with E-state index in [-0.39, 0.29) is 0 Å². The molecule has 1 heterocycles. The molecule has 0 aliphatic rings. The van der Waals surface area contributed by atoms with Crippen LogP contribution in [-0.4, -0.2) is 19.2 Å². The summed E-state index contributed by atoms with van der Waals surface area (Å²) >= 11 is 3.36. The van der Waals surface area contributed by atoms with Crippen LogP contribution >= 0.6 is 15.9 Å². The van der Waals surface area contributed by atoms with Gasteiger partial charge in [0.1, 0.15) is 11.5 Å². The summed E-state index contributed by atoms with van der Waals surface area (Å²) in [5.74, 6) is 1.51. The third-order valence-corrected chi connectivity index (χ3v) is 3.13. The van der Waals surface area contributed by atoms with Gasteiger partial charge in [-0.2, -0.15) is 0 Å². The second-order valence-corrected chi connectivity index (χ2v) is 4.80. The van der Waals surface area contributed by atoms with E-state index >= 15 is 0 Å². The molecule has 1 N–H and O–H groups in total. The van der Waals surface area contributed by atoms with E-state index in [1.165, 1.54) is 0 Å². The van der Waals surface area contributed by atoms with Crippen molar-refractivity contribution in [3.05, 3.63) is 46.7 Å². The fourth-order valence-corrected chi connectivity index (χ4v) is 1.88. The van der Waals surface area contributed by atoms with Crippen LogP contribution in [-0.2, 0) is 6.54 Å². The normalized spacial score (nSPS) is 10.1. The lowest BCUT2D eigenvalue weighted by atomic mass is 10.2. The maximum absolute atomic E-state index is 5.32. The van der Waals surface area contributed by atoms with Crippen molar-refractivity contribution in [2.75, 3.05) is 19.5 Å². The number of hydrogen-bond acceptors (Lipinski definition) is 4. The number of nitrogens with one attached hydrogen (secondary N) is 1. The van der Waals surface area contributed by atoms with Crippen molar-refractivity contribution in [1.82, 2.24) is 4.98 Å². The zero-order chi connectivity index (χ0) is 13.7. The Bertz CT molecular complexity index is 544. The molecule has 19 heavy (non-hydrogen) atoms. The van der Waals surface area contributed by atoms with Gasteiger partial charge in [-0.3, -0.25) is 4.98 Å². The van der Waals surface area contributed by atoms with Crippen molar-refractivity contribution in [1.29, 1.82) is 0 Å². The number of nitrogens with zero attached hydrogens (tertiary/aromatic N) is 1. The molecular weight excluding hydrogens is 308 g/mol. The van der Waals surface area contributed by atoms with E-state index in [0.717, 1.165) is 27.4 Å². The summed E-state index contributed by atoms with van der Waals surface area (Å²) in [7, 11) is 3.27. The van der Waals surface area contributed by atoms with Gasteiger partial charge in [0.2, 0.25) is 0 Å². The number of hydrogen-bond donors (Lipinski definition) is 1. The number of rotatable bonds is 5. The van der Waals surface area contributed by atoms with Gasteiger partial charge in [0.15, 0.2) is 0 Å². The number of methoxy groups -OCH3 is 2. The fourth-order valence-electron chi connectivity index (χ4n) is 1.64. The Kier molecular flexibility index (Phi) is 4.63. The number of halogens is 1. The first-order valence-corrected chi connectivity index (χ1v) is 6.58. The predicted octanol–water partition coefficient (Wildman–Crippen LogP) is 3.47. The van der Waals surface area contributed by atoms with Gasteiger partial charge in [-0.05, 0) is 40.2 Å². The quantitative estimate of drug-likeness (QED) is 0.915. The lowest BCUT2D eigenvalue weighted by Crippen LogP contribution is -2.03. The molecule has 5 heteroatoms. The van der Waals surface area contributed by atoms with E-state index in [9.17, 15) is 0 Å². The van der Waals surface area contributed by atoms with Gasteiger partial charge < -0.3 is 14.8 Å². The van der Waals surface area contributed by atoms with Crippen molar-refractivity contribution in [2.24, 2.45) is 0 Å². The summed E-state index contributed by atoms with van der Waals surface area (Å²) in [6.45, 7) is 0.635. The van der Waals surface area contributed by atoms with Crippen molar-refractivity contribution in [2.45, 2.75) is 6.54 Å². The summed E-state index contributed by atoms with van der Waals surface area (Å²) in [6.07, 6.45) is 1.78. The minimum atomic E-state index is 0.635. The van der Waals surface area contributed by atoms with Crippen molar-refractivity contribution < 1.29 is 9.47 Å². The van der Waals surface area contributed by atoms with E-state index in [2.05, 4.69) is 26.2 Å². The Balaban J connectivity index is 2.08. The highest BCUT2D eigenvalue weighted by Crippen LogP contribution is 2.29. The summed E-state index contributed by atoms with van der Waals surface area (Å²) in [5.41, 5.74) is 1.87. The number of pyridine rings is 1. The van der Waals surface area contributed by atoms with Gasteiger partial charge in [-0.1, -0.05) is 0 Å². The van der Waals surface area contributed by atoms with Gasteiger partial charge in [-0.25, -0.2) is 0 Å². The van der Waals surface area contributed by atoms with Crippen LogP contribution in [0.2, 0.25) is 0 Å². The van der Waals surface area contributed by atoms with Gasteiger partial charge in [0.05, 0.1) is 32.1 Å². The number of anilines is 1. The molecule has 100 valence electrons. The maximum atomic E-state index is 5.32. The SMILES string of the molecule is COc1ccc(NCc2ccc(Br)cn2)c(OC)c1. The second kappa shape index (κ2) is 6.43. The largest absolute Gasteiger partial charge is 0.497 e. The first-order chi connectivity index (χ1) is 9.22. The molecule has 0 atom stereocenters. The summed E-state index contributed by atoms with van der Waals surface area (Å²) in [5, 5.41) is 3.29. The lowest BCUT2D eigenvalue weighted by Gasteiger charge is -2.12. The first-order valence-electron chi connectivity index (χ1n) is 5.79. The van der Waals surface area contributed by atoms with Crippen LogP contribution in [0.25, 0.3) is 0 Å². The molecule has 0 aliphatic carbocycles. The monoisotopic (exact) mass is 322 g/mol. The third kappa shape index (κ3) is 3.61. The molecule has 2 aromatic rings. The topological polar surface area (TPSA) is 43.4 Å². The Morgan fingerprint density at radius 2 is 2.00 bits per heavy atom. The average molecular weight is 323 g/mol. The van der Waals surface area contributed by atoms with E-state index in [1.54, 1.807) is 20.4 Å². The Morgan fingerprint density at radius 1 is 1.16 bits per heavy atom. The first kappa shape index (κ1) is 13.7. The van der Waals surface area contributed by atoms with Crippen LogP contribution in [0.3, 0.4) is 0 Å². The van der Waals surface area contributed by atoms with E-state index in [0.29, 0.717) is 6.54 Å². The van der Waals surface area contributed by atoms with Crippen molar-refractivity contribution in [3.63, 3.8) is 0 Å². The molecule has 0 radical (unpaired) electrons. The van der Waals surface area contributed by atoms with Crippen LogP contribution in [0.5, 0.6) is 11.5 Å². The zero-order valence-corrected chi connectivity index (χ0v) is 12.4. The van der Waals surface area contributed by atoms with E-state index in [4.69, 9.17) is 9.47 Å². The summed E-state index contributed by atoms with van der Waals surface area (Å²) < 4.78 is 11.5. The Hall–Kier alpha value is -1.75. The smallest absolute Gasteiger partial charge is 0.145 e. The molecule has 0 saturated carbocycles. The maximum Gasteiger partial charge on any atom is 0.145 e. The van der Waals surface area contributed by atoms with Crippen LogP contribution in [0.1, 0.15) is 5.69 Å². The number of benzene rings is 1. The lowest BCUT2D eigenvalue weighted by molar-refractivity contribution is 0.395. The molecule has 2 rings (SSSR count). The second-order valence-electron chi connectivity index (χ2n) is 3.89. The Labute approximate surface area is 120 Å². The van der Waals surface area contributed by atoms with Gasteiger partial charge >= 0.3 is 0 Å². The molecule has 0 spiro atoms. The molecule has 0 amide bonds. The van der Waals surface area contributed by atoms with Crippen molar-refractivity contribution >= 4 is 21.6 Å². The minimum absolute atomic E-state index is 0.635. The predicted molar refractivity (Wildman–Crippen MR) is 78.8 cm³/mol. The van der Waals surface area contributed by atoms with Gasteiger partial charge in [0, 0.05) is 16.7 Å². The molecule has 1 aromatic heterocycles. The molecule has 0 fully saturated rings. The minimum Gasteiger partial charge on any atom is -0.497 e. The highest BCUT2D eigenvalue weighted by molar-refractivity contribution is 9.10. The number of ether oxygens (including phenoxy) is 2. The number of aromatic nitrogens is 1. The Morgan fingerprint density at radius 3 is 2.63 bits per heavy atom. The van der Waals surface area contributed by atoms with Crippen LogP contribution in [0.4, 0.5) is 5.69 Å². The van der Waals surface area contributed by atoms with Crippen molar-refractivity contribution in [3.8, 4) is 11.5 Å². The molecule has 0 bridgehead atoms. The van der Waals surface area contributed by atoms with E-state index in [1.807, 2.05) is 30.3 Å². The van der Waals surface area contributed by atoms with Crippen LogP contribution in [0.15, 0.2) is 41.0 Å². The standard InChI is InChI=1S/C14H15BrN2O2/c1-18-12-5-6-13(14(7-12)19-2)17-9-11-4-3-10(15)8-16-11/h3-8,17H,9H2,1-2H3. The van der Waals surface area contributed by atoms with Gasteiger partial charge in [0.25, 0.3) is 0 Å². The summed E-state index contributed by atoms with van der Waals surface area (Å²) in [6, 6.07) is 9.59. The third-order valence-electron chi connectivity index (χ3n) is 2.66. The zero-order valence-electron chi connectivity index (χ0n) is 10.8. The molecule has 4 nitrogen and oxygen atoms in total. The highest BCUT2D eigenvalue weighted by Gasteiger charge is 2.05. The molecule has 1 aromatic carbocycles. The van der Waals surface area contributed by atoms with E-state index < -0.39 is 0 Å². The molecular formula is C14H15BrN2O2. The fraction of sp³-hybridized carbons (Fsp3) is 0.214. The van der Waals surface area contributed by atoms with Gasteiger partial charge in [-0.15, -0.1) is 0 Å². The average Bonchev–Trinajstić information content (AvgIpc) is 2.46.